The summed E-state index contributed by atoms with van der Waals surface area (Å²) in [6, 6.07) is 12.4. The number of nitriles is 1. The fourth-order valence-electron chi connectivity index (χ4n) is 2.83. The van der Waals surface area contributed by atoms with Crippen LogP contribution in [0.1, 0.15) is 54.7 Å². The smallest absolute Gasteiger partial charge is 0.417 e. The van der Waals surface area contributed by atoms with Crippen LogP contribution >= 0.6 is 0 Å². The number of carbonyl (C=O) groups excluding carboxylic acids is 2. The van der Waals surface area contributed by atoms with E-state index in [2.05, 4.69) is 0 Å². The third-order valence-corrected chi connectivity index (χ3v) is 4.49. The first-order valence-electron chi connectivity index (χ1n) is 9.71. The van der Waals surface area contributed by atoms with E-state index in [1.54, 1.807) is 30.3 Å². The van der Waals surface area contributed by atoms with E-state index >= 15 is 0 Å². The molecule has 0 amide bonds. The van der Waals surface area contributed by atoms with E-state index in [9.17, 15) is 28.0 Å². The molecule has 0 atom stereocenters. The summed E-state index contributed by atoms with van der Waals surface area (Å²) in [5.74, 6) is -3.35. The normalized spacial score (nSPS) is 12.4. The monoisotopic (exact) mass is 445 g/mol. The number of esters is 2. The topological polar surface area (TPSA) is 76.4 Å². The molecule has 2 aromatic carbocycles. The number of rotatable bonds is 5. The van der Waals surface area contributed by atoms with Gasteiger partial charge in [0.25, 0.3) is 0 Å². The predicted molar refractivity (Wildman–Crippen MR) is 111 cm³/mol. The van der Waals surface area contributed by atoms with Crippen molar-refractivity contribution in [2.45, 2.75) is 39.3 Å². The molecule has 8 heteroatoms. The second-order valence-corrected chi connectivity index (χ2v) is 7.80. The zero-order valence-corrected chi connectivity index (χ0v) is 18.0. The van der Waals surface area contributed by atoms with Gasteiger partial charge in [-0.2, -0.15) is 18.4 Å². The maximum Gasteiger partial charge on any atom is 0.417 e. The van der Waals surface area contributed by atoms with Gasteiger partial charge in [0.1, 0.15) is 11.6 Å². The zero-order valence-electron chi connectivity index (χ0n) is 18.0. The van der Waals surface area contributed by atoms with Crippen LogP contribution in [0.25, 0.3) is 5.57 Å². The predicted octanol–water partition coefficient (Wildman–Crippen LogP) is 5.66. The average molecular weight is 445 g/mol. The van der Waals surface area contributed by atoms with Crippen LogP contribution in [0.2, 0.25) is 0 Å². The highest BCUT2D eigenvalue weighted by Gasteiger charge is 2.36. The number of halogens is 3. The molecule has 0 unspecified atom stereocenters. The van der Waals surface area contributed by atoms with Crippen molar-refractivity contribution in [1.82, 2.24) is 0 Å². The Morgan fingerprint density at radius 1 is 1.00 bits per heavy atom. The van der Waals surface area contributed by atoms with Crippen molar-refractivity contribution in [1.29, 1.82) is 5.26 Å². The van der Waals surface area contributed by atoms with Gasteiger partial charge in [-0.25, -0.2) is 9.59 Å². The minimum atomic E-state index is -4.82. The van der Waals surface area contributed by atoms with Gasteiger partial charge < -0.3 is 9.47 Å². The molecule has 0 spiro atoms. The fourth-order valence-corrected chi connectivity index (χ4v) is 2.83. The Kier molecular flexibility index (Phi) is 7.47. The lowest BCUT2D eigenvalue weighted by Crippen LogP contribution is -2.19. The molecular formula is C24H22F3NO4. The van der Waals surface area contributed by atoms with Gasteiger partial charge in [-0.3, -0.25) is 0 Å². The van der Waals surface area contributed by atoms with E-state index in [0.717, 1.165) is 23.8 Å². The van der Waals surface area contributed by atoms with Crippen LogP contribution in [-0.4, -0.2) is 18.5 Å². The molecular weight excluding hydrogens is 423 g/mol. The molecule has 168 valence electrons. The van der Waals surface area contributed by atoms with E-state index < -0.39 is 35.0 Å². The maximum atomic E-state index is 13.3. The molecule has 0 radical (unpaired) electrons. The van der Waals surface area contributed by atoms with Crippen molar-refractivity contribution in [3.8, 4) is 6.07 Å². The van der Waals surface area contributed by atoms with Crippen LogP contribution in [-0.2, 0) is 25.9 Å². The summed E-state index contributed by atoms with van der Waals surface area (Å²) in [6.07, 6.45) is -4.82. The van der Waals surface area contributed by atoms with Gasteiger partial charge in [-0.05, 0) is 35.6 Å². The van der Waals surface area contributed by atoms with Gasteiger partial charge in [-0.15, -0.1) is 0 Å². The Balaban J connectivity index is 2.57. The number of benzene rings is 2. The molecule has 0 aliphatic carbocycles. The molecule has 0 aliphatic heterocycles. The van der Waals surface area contributed by atoms with Crippen molar-refractivity contribution in [2.75, 3.05) is 6.61 Å². The Bertz CT molecular complexity index is 1070. The van der Waals surface area contributed by atoms with Crippen molar-refractivity contribution >= 4 is 17.5 Å². The Hall–Kier alpha value is -3.60. The molecule has 0 bridgehead atoms. The zero-order chi connectivity index (χ0) is 24.1. The van der Waals surface area contributed by atoms with Crippen molar-refractivity contribution in [3.05, 3.63) is 76.5 Å². The Morgan fingerprint density at radius 2 is 1.59 bits per heavy atom. The lowest BCUT2D eigenvalue weighted by Gasteiger charge is -2.19. The number of alkyl halides is 3. The highest BCUT2D eigenvalue weighted by molar-refractivity contribution is 6.03. The number of hydrogen-bond donors (Lipinski definition) is 0. The number of ether oxygens (including phenoxy) is 2. The summed E-state index contributed by atoms with van der Waals surface area (Å²) in [6.45, 7) is 7.38. The van der Waals surface area contributed by atoms with Crippen molar-refractivity contribution in [2.24, 2.45) is 0 Å². The number of allylic oxidation sites excluding steroid dienone is 1. The van der Waals surface area contributed by atoms with E-state index in [1.165, 1.54) is 13.0 Å². The molecule has 0 saturated carbocycles. The van der Waals surface area contributed by atoms with Crippen LogP contribution in [0.5, 0.6) is 0 Å². The van der Waals surface area contributed by atoms with E-state index in [-0.39, 0.29) is 23.2 Å². The molecule has 0 heterocycles. The Labute approximate surface area is 184 Å². The minimum Gasteiger partial charge on any atom is -0.460 e. The van der Waals surface area contributed by atoms with Gasteiger partial charge in [0.05, 0.1) is 17.7 Å². The first-order valence-corrected chi connectivity index (χ1v) is 9.71. The fraction of sp³-hybridized carbons (Fsp3) is 0.292. The molecule has 0 fully saturated rings. The third-order valence-electron chi connectivity index (χ3n) is 4.49. The number of nitrogens with zero attached hydrogens (tertiary/aromatic N) is 1. The van der Waals surface area contributed by atoms with E-state index in [0.29, 0.717) is 0 Å². The highest BCUT2D eigenvalue weighted by atomic mass is 19.4. The molecule has 0 aliphatic rings. The van der Waals surface area contributed by atoms with Gasteiger partial charge in [0, 0.05) is 0 Å². The van der Waals surface area contributed by atoms with Gasteiger partial charge in [-0.1, -0.05) is 57.2 Å². The minimum absolute atomic E-state index is 0.0965. The SMILES string of the molecule is CCOC(=O)C(OC(=O)c1ccccc1C(F)(F)F)=C(C#N)c1ccc(C(C)(C)C)cc1. The summed E-state index contributed by atoms with van der Waals surface area (Å²) >= 11 is 0. The lowest BCUT2D eigenvalue weighted by atomic mass is 9.86. The molecule has 0 saturated heterocycles. The standard InChI is InChI=1S/C24H22F3NO4/c1-5-31-22(30)20(18(14-28)15-10-12-16(13-11-15)23(2,3)4)32-21(29)17-8-6-7-9-19(17)24(25,26)27/h6-13H,5H2,1-4H3. The first-order chi connectivity index (χ1) is 14.9. The van der Waals surface area contributed by atoms with Crippen LogP contribution in [0, 0.1) is 11.3 Å². The summed E-state index contributed by atoms with van der Waals surface area (Å²) < 4.78 is 49.8. The highest BCUT2D eigenvalue weighted by Crippen LogP contribution is 2.33. The molecule has 0 aromatic heterocycles. The van der Waals surface area contributed by atoms with E-state index in [4.69, 9.17) is 9.47 Å². The number of hydrogen-bond acceptors (Lipinski definition) is 5. The summed E-state index contributed by atoms with van der Waals surface area (Å²) in [5.41, 5.74) is -1.31. The third kappa shape index (κ3) is 5.76. The van der Waals surface area contributed by atoms with Crippen molar-refractivity contribution in [3.63, 3.8) is 0 Å². The lowest BCUT2D eigenvalue weighted by molar-refractivity contribution is -0.141. The quantitative estimate of drug-likeness (QED) is 0.257. The largest absolute Gasteiger partial charge is 0.460 e. The maximum absolute atomic E-state index is 13.3. The van der Waals surface area contributed by atoms with E-state index in [1.807, 2.05) is 20.8 Å². The second-order valence-electron chi connectivity index (χ2n) is 7.80. The van der Waals surface area contributed by atoms with Gasteiger partial charge in [0.15, 0.2) is 0 Å². The summed E-state index contributed by atoms with van der Waals surface area (Å²) in [5, 5.41) is 9.68. The van der Waals surface area contributed by atoms with Crippen LogP contribution in [0.3, 0.4) is 0 Å². The molecule has 0 N–H and O–H groups in total. The molecule has 5 nitrogen and oxygen atoms in total. The molecule has 2 aromatic rings. The summed E-state index contributed by atoms with van der Waals surface area (Å²) in [7, 11) is 0. The van der Waals surface area contributed by atoms with Crippen LogP contribution in [0.4, 0.5) is 13.2 Å². The number of carbonyl (C=O) groups is 2. The van der Waals surface area contributed by atoms with Crippen LogP contribution < -0.4 is 0 Å². The van der Waals surface area contributed by atoms with Crippen LogP contribution in [0.15, 0.2) is 54.3 Å². The molecule has 2 rings (SSSR count). The first kappa shape index (κ1) is 24.7. The average Bonchev–Trinajstić information content (AvgIpc) is 2.72. The molecule has 32 heavy (non-hydrogen) atoms. The summed E-state index contributed by atoms with van der Waals surface area (Å²) in [4.78, 5) is 25.1. The van der Waals surface area contributed by atoms with Crippen molar-refractivity contribution < 1.29 is 32.2 Å². The van der Waals surface area contributed by atoms with Gasteiger partial charge >= 0.3 is 18.1 Å². The Morgan fingerprint density at radius 3 is 2.09 bits per heavy atom. The second kappa shape index (κ2) is 9.69. The van der Waals surface area contributed by atoms with Gasteiger partial charge in [0.2, 0.25) is 5.76 Å².